The summed E-state index contributed by atoms with van der Waals surface area (Å²) < 4.78 is 5.78. The van der Waals surface area contributed by atoms with Crippen molar-refractivity contribution < 1.29 is 4.74 Å². The molecule has 112 valence electrons. The molecule has 0 amide bonds. The van der Waals surface area contributed by atoms with E-state index in [4.69, 9.17) is 10.5 Å². The Morgan fingerprint density at radius 2 is 2.00 bits per heavy atom. The molecule has 0 aliphatic heterocycles. The van der Waals surface area contributed by atoms with E-state index in [1.165, 1.54) is 5.56 Å². The molecule has 2 N–H and O–H groups in total. The molecule has 1 unspecified atom stereocenters. The summed E-state index contributed by atoms with van der Waals surface area (Å²) in [5.41, 5.74) is 8.20. The monoisotopic (exact) mass is 284 g/mol. The Morgan fingerprint density at radius 1 is 1.14 bits per heavy atom. The zero-order valence-electron chi connectivity index (χ0n) is 12.8. The zero-order valence-corrected chi connectivity index (χ0v) is 12.8. The number of nitrogens with zero attached hydrogens (tertiary/aromatic N) is 1. The molecule has 0 saturated heterocycles. The van der Waals surface area contributed by atoms with Gasteiger partial charge in [0.25, 0.3) is 0 Å². The first-order valence-electron chi connectivity index (χ1n) is 7.51. The van der Waals surface area contributed by atoms with E-state index in [0.717, 1.165) is 24.5 Å². The zero-order chi connectivity index (χ0) is 15.1. The summed E-state index contributed by atoms with van der Waals surface area (Å²) in [5.74, 6) is 1.70. The van der Waals surface area contributed by atoms with Crippen LogP contribution in [0.15, 0.2) is 48.7 Å². The highest BCUT2D eigenvalue weighted by Gasteiger charge is 2.12. The van der Waals surface area contributed by atoms with Gasteiger partial charge in [-0.2, -0.15) is 0 Å². The van der Waals surface area contributed by atoms with Crippen LogP contribution in [0.3, 0.4) is 0 Å². The van der Waals surface area contributed by atoms with E-state index < -0.39 is 0 Å². The number of nitrogens with two attached hydrogens (primary N) is 1. The largest absolute Gasteiger partial charge is 0.493 e. The van der Waals surface area contributed by atoms with Crippen molar-refractivity contribution in [2.45, 2.75) is 26.2 Å². The molecule has 21 heavy (non-hydrogen) atoms. The maximum absolute atomic E-state index is 5.92. The maximum Gasteiger partial charge on any atom is 0.119 e. The van der Waals surface area contributed by atoms with Gasteiger partial charge in [-0.1, -0.05) is 32.0 Å². The van der Waals surface area contributed by atoms with Crippen molar-refractivity contribution in [1.82, 2.24) is 4.98 Å². The van der Waals surface area contributed by atoms with Gasteiger partial charge in [0, 0.05) is 24.4 Å². The molecule has 3 heteroatoms. The van der Waals surface area contributed by atoms with Gasteiger partial charge in [-0.15, -0.1) is 0 Å². The molecule has 0 spiro atoms. The van der Waals surface area contributed by atoms with Crippen LogP contribution in [-0.2, 0) is 6.42 Å². The van der Waals surface area contributed by atoms with Gasteiger partial charge in [0.05, 0.1) is 6.61 Å². The van der Waals surface area contributed by atoms with Crippen molar-refractivity contribution in [2.75, 3.05) is 13.2 Å². The Morgan fingerprint density at radius 3 is 2.67 bits per heavy atom. The predicted molar refractivity (Wildman–Crippen MR) is 86.5 cm³/mol. The van der Waals surface area contributed by atoms with Crippen LogP contribution in [-0.4, -0.2) is 18.1 Å². The number of hydrogen-bond acceptors (Lipinski definition) is 3. The van der Waals surface area contributed by atoms with Crippen molar-refractivity contribution in [3.8, 4) is 5.75 Å². The number of ether oxygens (including phenoxy) is 1. The van der Waals surface area contributed by atoms with E-state index >= 15 is 0 Å². The lowest BCUT2D eigenvalue weighted by molar-refractivity contribution is 0.271. The molecule has 1 aromatic carbocycles. The third kappa shape index (κ3) is 4.87. The Kier molecular flexibility index (Phi) is 5.76. The van der Waals surface area contributed by atoms with Crippen LogP contribution in [0.2, 0.25) is 0 Å². The molecule has 0 saturated carbocycles. The fourth-order valence-electron chi connectivity index (χ4n) is 2.24. The summed E-state index contributed by atoms with van der Waals surface area (Å²) in [6.45, 7) is 5.63. The fraction of sp³-hybridized carbons (Fsp3) is 0.389. The van der Waals surface area contributed by atoms with Crippen LogP contribution in [0.4, 0.5) is 0 Å². The minimum absolute atomic E-state index is 0.242. The number of hydrogen-bond donors (Lipinski definition) is 1. The van der Waals surface area contributed by atoms with E-state index in [2.05, 4.69) is 31.0 Å². The van der Waals surface area contributed by atoms with Gasteiger partial charge in [0.1, 0.15) is 5.75 Å². The number of rotatable bonds is 7. The molecule has 2 rings (SSSR count). The summed E-state index contributed by atoms with van der Waals surface area (Å²) in [6, 6.07) is 14.2. The minimum Gasteiger partial charge on any atom is -0.493 e. The topological polar surface area (TPSA) is 48.1 Å². The molecule has 2 aromatic rings. The van der Waals surface area contributed by atoms with Crippen molar-refractivity contribution in [3.05, 3.63) is 59.9 Å². The lowest BCUT2D eigenvalue weighted by Crippen LogP contribution is -2.16. The fourth-order valence-corrected chi connectivity index (χ4v) is 2.24. The van der Waals surface area contributed by atoms with Gasteiger partial charge in [-0.05, 0) is 42.2 Å². The normalized spacial score (nSPS) is 12.4. The third-order valence-corrected chi connectivity index (χ3v) is 3.35. The first-order valence-corrected chi connectivity index (χ1v) is 7.51. The summed E-state index contributed by atoms with van der Waals surface area (Å²) in [5, 5.41) is 0. The molecular formula is C18H24N2O. The molecule has 0 aliphatic rings. The molecular weight excluding hydrogens is 260 g/mol. The van der Waals surface area contributed by atoms with E-state index in [-0.39, 0.29) is 5.92 Å². The molecule has 0 bridgehead atoms. The van der Waals surface area contributed by atoms with Crippen molar-refractivity contribution in [2.24, 2.45) is 11.7 Å². The van der Waals surface area contributed by atoms with E-state index in [1.807, 2.05) is 36.5 Å². The van der Waals surface area contributed by atoms with Crippen LogP contribution in [0.5, 0.6) is 5.75 Å². The van der Waals surface area contributed by atoms with E-state index in [9.17, 15) is 0 Å². The Hall–Kier alpha value is -1.87. The molecule has 0 fully saturated rings. The second-order valence-corrected chi connectivity index (χ2v) is 5.74. The average molecular weight is 284 g/mol. The van der Waals surface area contributed by atoms with Gasteiger partial charge in [0.2, 0.25) is 0 Å². The number of pyridine rings is 1. The second kappa shape index (κ2) is 7.79. The maximum atomic E-state index is 5.92. The van der Waals surface area contributed by atoms with Crippen LogP contribution in [0.1, 0.15) is 31.0 Å². The molecule has 3 nitrogen and oxygen atoms in total. The molecule has 1 heterocycles. The van der Waals surface area contributed by atoms with Gasteiger partial charge in [-0.25, -0.2) is 0 Å². The first-order chi connectivity index (χ1) is 10.2. The van der Waals surface area contributed by atoms with Gasteiger partial charge >= 0.3 is 0 Å². The Balaban J connectivity index is 2.06. The van der Waals surface area contributed by atoms with E-state index in [1.54, 1.807) is 0 Å². The molecule has 0 radical (unpaired) electrons. The quantitative estimate of drug-likeness (QED) is 0.847. The molecule has 1 aromatic heterocycles. The van der Waals surface area contributed by atoms with Crippen molar-refractivity contribution in [3.63, 3.8) is 0 Å². The van der Waals surface area contributed by atoms with Crippen molar-refractivity contribution in [1.29, 1.82) is 0 Å². The average Bonchev–Trinajstić information content (AvgIpc) is 2.52. The predicted octanol–water partition coefficient (Wildman–Crippen LogP) is 3.40. The Labute approximate surface area is 127 Å². The minimum atomic E-state index is 0.242. The third-order valence-electron chi connectivity index (χ3n) is 3.35. The summed E-state index contributed by atoms with van der Waals surface area (Å²) in [7, 11) is 0. The highest BCUT2D eigenvalue weighted by Crippen LogP contribution is 2.21. The van der Waals surface area contributed by atoms with Crippen molar-refractivity contribution >= 4 is 0 Å². The number of aromatic nitrogens is 1. The smallest absolute Gasteiger partial charge is 0.119 e. The molecule has 0 aliphatic carbocycles. The lowest BCUT2D eigenvalue weighted by Gasteiger charge is -2.15. The van der Waals surface area contributed by atoms with Gasteiger partial charge in [-0.3, -0.25) is 4.98 Å². The second-order valence-electron chi connectivity index (χ2n) is 5.74. The van der Waals surface area contributed by atoms with E-state index in [0.29, 0.717) is 12.5 Å². The summed E-state index contributed by atoms with van der Waals surface area (Å²) >= 11 is 0. The SMILES string of the molecule is CC(C)COc1cccc(CC(CN)c2ccccn2)c1. The lowest BCUT2D eigenvalue weighted by atomic mass is 9.95. The van der Waals surface area contributed by atoms with Crippen LogP contribution < -0.4 is 10.5 Å². The highest BCUT2D eigenvalue weighted by molar-refractivity contribution is 5.30. The standard InChI is InChI=1S/C18H24N2O/c1-14(2)13-21-17-7-5-6-15(11-17)10-16(12-19)18-8-3-4-9-20-18/h3-9,11,14,16H,10,12-13,19H2,1-2H3. The summed E-state index contributed by atoms with van der Waals surface area (Å²) in [6.07, 6.45) is 2.70. The number of benzene rings is 1. The first kappa shape index (κ1) is 15.5. The van der Waals surface area contributed by atoms with Crippen LogP contribution in [0, 0.1) is 5.92 Å². The highest BCUT2D eigenvalue weighted by atomic mass is 16.5. The van der Waals surface area contributed by atoms with Gasteiger partial charge < -0.3 is 10.5 Å². The van der Waals surface area contributed by atoms with Crippen LogP contribution in [0.25, 0.3) is 0 Å². The summed E-state index contributed by atoms with van der Waals surface area (Å²) in [4.78, 5) is 4.42. The molecule has 1 atom stereocenters. The Bertz CT molecular complexity index is 540. The van der Waals surface area contributed by atoms with Crippen LogP contribution >= 0.6 is 0 Å². The van der Waals surface area contributed by atoms with Gasteiger partial charge in [0.15, 0.2) is 0 Å².